The maximum Gasteiger partial charge on any atom is 0.124 e. The summed E-state index contributed by atoms with van der Waals surface area (Å²) in [6.07, 6.45) is 1.20. The van der Waals surface area contributed by atoms with E-state index in [-0.39, 0.29) is 0 Å². The van der Waals surface area contributed by atoms with Gasteiger partial charge in [-0.05, 0) is 12.5 Å². The summed E-state index contributed by atoms with van der Waals surface area (Å²) in [6.45, 7) is 4.45. The Bertz CT molecular complexity index is 314. The van der Waals surface area contributed by atoms with Crippen molar-refractivity contribution in [2.45, 2.75) is 31.3 Å². The van der Waals surface area contributed by atoms with E-state index in [1.165, 1.54) is 12.0 Å². The lowest BCUT2D eigenvalue weighted by Gasteiger charge is -2.11. The highest BCUT2D eigenvalue weighted by Gasteiger charge is 2.05. The van der Waals surface area contributed by atoms with Gasteiger partial charge in [0.2, 0.25) is 0 Å². The third kappa shape index (κ3) is 3.67. The van der Waals surface area contributed by atoms with Gasteiger partial charge in [-0.25, -0.2) is 0 Å². The second-order valence-electron chi connectivity index (χ2n) is 3.60. The Morgan fingerprint density at radius 3 is 2.80 bits per heavy atom. The monoisotopic (exact) mass is 225 g/mol. The normalized spacial score (nSPS) is 12.5. The molecule has 0 aliphatic heterocycles. The molecule has 84 valence electrons. The molecular formula is C12H19NOS. The van der Waals surface area contributed by atoms with E-state index in [0.29, 0.717) is 5.25 Å². The molecule has 1 aromatic carbocycles. The zero-order chi connectivity index (χ0) is 11.3. The predicted octanol–water partition coefficient (Wildman–Crippen LogP) is 3.31. The predicted molar refractivity (Wildman–Crippen MR) is 68.5 cm³/mol. The minimum atomic E-state index is 0.687. The number of hydrogen-bond donors (Lipinski definition) is 1. The van der Waals surface area contributed by atoms with E-state index in [0.717, 1.165) is 17.2 Å². The maximum atomic E-state index is 5.70. The van der Waals surface area contributed by atoms with Gasteiger partial charge in [-0.3, -0.25) is 0 Å². The highest BCUT2D eigenvalue weighted by molar-refractivity contribution is 7.99. The third-order valence-electron chi connectivity index (χ3n) is 2.41. The standard InChI is InChI=1S/C12H19NOS/c1-4-9(2)15-8-10-5-6-11(13)7-12(10)14-3/h5-7,9H,4,8,13H2,1-3H3. The molecule has 1 atom stereocenters. The lowest BCUT2D eigenvalue weighted by atomic mass is 10.2. The average Bonchev–Trinajstić information content (AvgIpc) is 2.26. The van der Waals surface area contributed by atoms with Gasteiger partial charge >= 0.3 is 0 Å². The van der Waals surface area contributed by atoms with E-state index in [9.17, 15) is 0 Å². The van der Waals surface area contributed by atoms with Gasteiger partial charge in [-0.2, -0.15) is 11.8 Å². The molecule has 2 nitrogen and oxygen atoms in total. The van der Waals surface area contributed by atoms with Crippen LogP contribution in [0.4, 0.5) is 5.69 Å². The fraction of sp³-hybridized carbons (Fsp3) is 0.500. The van der Waals surface area contributed by atoms with Crippen LogP contribution in [0.2, 0.25) is 0 Å². The topological polar surface area (TPSA) is 35.2 Å². The molecule has 0 saturated carbocycles. The number of rotatable bonds is 5. The molecule has 0 amide bonds. The minimum Gasteiger partial charge on any atom is -0.496 e. The van der Waals surface area contributed by atoms with Crippen LogP contribution in [0.5, 0.6) is 5.75 Å². The van der Waals surface area contributed by atoms with Crippen molar-refractivity contribution in [1.29, 1.82) is 0 Å². The first-order valence-corrected chi connectivity index (χ1v) is 6.26. The fourth-order valence-electron chi connectivity index (χ4n) is 1.23. The third-order valence-corrected chi connectivity index (χ3v) is 3.79. The van der Waals surface area contributed by atoms with Crippen molar-refractivity contribution in [1.82, 2.24) is 0 Å². The van der Waals surface area contributed by atoms with Gasteiger partial charge in [0.25, 0.3) is 0 Å². The summed E-state index contributed by atoms with van der Waals surface area (Å²) in [5.74, 6) is 1.88. The van der Waals surface area contributed by atoms with Gasteiger partial charge in [0, 0.05) is 28.3 Å². The Morgan fingerprint density at radius 2 is 2.20 bits per heavy atom. The van der Waals surface area contributed by atoms with Crippen LogP contribution in [0.25, 0.3) is 0 Å². The van der Waals surface area contributed by atoms with Gasteiger partial charge in [-0.1, -0.05) is 19.9 Å². The quantitative estimate of drug-likeness (QED) is 0.781. The lowest BCUT2D eigenvalue weighted by Crippen LogP contribution is -1.97. The van der Waals surface area contributed by atoms with E-state index >= 15 is 0 Å². The summed E-state index contributed by atoms with van der Waals surface area (Å²) in [5.41, 5.74) is 7.67. The first-order chi connectivity index (χ1) is 7.17. The Kier molecular flexibility index (Phi) is 4.82. The SMILES string of the molecule is CCC(C)SCc1ccc(N)cc1OC. The van der Waals surface area contributed by atoms with Crippen LogP contribution in [-0.4, -0.2) is 12.4 Å². The summed E-state index contributed by atoms with van der Waals surface area (Å²) >= 11 is 1.94. The molecule has 0 spiro atoms. The molecule has 0 fully saturated rings. The van der Waals surface area contributed by atoms with Gasteiger partial charge in [-0.15, -0.1) is 0 Å². The number of thioether (sulfide) groups is 1. The Labute approximate surface area is 96.2 Å². The molecule has 0 heterocycles. The van der Waals surface area contributed by atoms with Crippen molar-refractivity contribution in [2.75, 3.05) is 12.8 Å². The smallest absolute Gasteiger partial charge is 0.124 e. The molecule has 0 radical (unpaired) electrons. The molecular weight excluding hydrogens is 206 g/mol. The summed E-state index contributed by atoms with van der Waals surface area (Å²) in [4.78, 5) is 0. The van der Waals surface area contributed by atoms with Crippen LogP contribution in [-0.2, 0) is 5.75 Å². The Morgan fingerprint density at radius 1 is 1.47 bits per heavy atom. The number of nitrogens with two attached hydrogens (primary N) is 1. The van der Waals surface area contributed by atoms with E-state index in [1.807, 2.05) is 30.0 Å². The maximum absolute atomic E-state index is 5.70. The van der Waals surface area contributed by atoms with Crippen molar-refractivity contribution in [3.8, 4) is 5.75 Å². The molecule has 0 saturated heterocycles. The highest BCUT2D eigenvalue weighted by Crippen LogP contribution is 2.27. The van der Waals surface area contributed by atoms with Gasteiger partial charge < -0.3 is 10.5 Å². The van der Waals surface area contributed by atoms with Gasteiger partial charge in [0.1, 0.15) is 5.75 Å². The molecule has 2 N–H and O–H groups in total. The molecule has 0 bridgehead atoms. The minimum absolute atomic E-state index is 0.687. The molecule has 1 rings (SSSR count). The van der Waals surface area contributed by atoms with E-state index in [1.54, 1.807) is 7.11 Å². The van der Waals surface area contributed by atoms with E-state index in [4.69, 9.17) is 10.5 Å². The molecule has 1 unspecified atom stereocenters. The van der Waals surface area contributed by atoms with Gasteiger partial charge in [0.05, 0.1) is 7.11 Å². The van der Waals surface area contributed by atoms with Crippen LogP contribution in [0.15, 0.2) is 18.2 Å². The second kappa shape index (κ2) is 5.91. The largest absolute Gasteiger partial charge is 0.496 e. The molecule has 0 aliphatic carbocycles. The van der Waals surface area contributed by atoms with Gasteiger partial charge in [0.15, 0.2) is 0 Å². The second-order valence-corrected chi connectivity index (χ2v) is 5.03. The first kappa shape index (κ1) is 12.2. The van der Waals surface area contributed by atoms with Crippen LogP contribution in [0.1, 0.15) is 25.8 Å². The molecule has 0 aliphatic rings. The lowest BCUT2D eigenvalue weighted by molar-refractivity contribution is 0.411. The Hall–Kier alpha value is -0.830. The number of methoxy groups -OCH3 is 1. The number of hydrogen-bond acceptors (Lipinski definition) is 3. The summed E-state index contributed by atoms with van der Waals surface area (Å²) in [7, 11) is 1.69. The van der Waals surface area contributed by atoms with Crippen molar-refractivity contribution in [3.05, 3.63) is 23.8 Å². The average molecular weight is 225 g/mol. The molecule has 0 aromatic heterocycles. The number of benzene rings is 1. The van der Waals surface area contributed by atoms with Crippen LogP contribution < -0.4 is 10.5 Å². The zero-order valence-electron chi connectivity index (χ0n) is 9.62. The molecule has 1 aromatic rings. The van der Waals surface area contributed by atoms with Crippen LogP contribution in [0.3, 0.4) is 0 Å². The van der Waals surface area contributed by atoms with Crippen molar-refractivity contribution in [2.24, 2.45) is 0 Å². The van der Waals surface area contributed by atoms with E-state index in [2.05, 4.69) is 13.8 Å². The number of anilines is 1. The van der Waals surface area contributed by atoms with Crippen LogP contribution in [0, 0.1) is 0 Å². The molecule has 3 heteroatoms. The van der Waals surface area contributed by atoms with Crippen molar-refractivity contribution in [3.63, 3.8) is 0 Å². The van der Waals surface area contributed by atoms with Crippen molar-refractivity contribution < 1.29 is 4.74 Å². The number of ether oxygens (including phenoxy) is 1. The summed E-state index contributed by atoms with van der Waals surface area (Å²) in [6, 6.07) is 5.85. The fourth-order valence-corrected chi connectivity index (χ4v) is 2.17. The van der Waals surface area contributed by atoms with Crippen molar-refractivity contribution >= 4 is 17.4 Å². The number of nitrogen functional groups attached to an aromatic ring is 1. The summed E-state index contributed by atoms with van der Waals surface area (Å²) in [5, 5.41) is 0.687. The summed E-state index contributed by atoms with van der Waals surface area (Å²) < 4.78 is 5.30. The highest BCUT2D eigenvalue weighted by atomic mass is 32.2. The molecule has 15 heavy (non-hydrogen) atoms. The first-order valence-electron chi connectivity index (χ1n) is 5.21. The Balaban J connectivity index is 2.67. The zero-order valence-corrected chi connectivity index (χ0v) is 10.4. The van der Waals surface area contributed by atoms with Crippen LogP contribution >= 0.6 is 11.8 Å². The van der Waals surface area contributed by atoms with E-state index < -0.39 is 0 Å².